The fourth-order valence-corrected chi connectivity index (χ4v) is 1.91. The van der Waals surface area contributed by atoms with E-state index in [4.69, 9.17) is 17.3 Å². The van der Waals surface area contributed by atoms with Crippen molar-refractivity contribution in [1.82, 2.24) is 0 Å². The summed E-state index contributed by atoms with van der Waals surface area (Å²) < 4.78 is 0. The molecule has 1 rings (SSSR count). The molecular weight excluding hydrogens is 198 g/mol. The summed E-state index contributed by atoms with van der Waals surface area (Å²) in [6.45, 7) is 4.07. The minimum absolute atomic E-state index is 0.417. The molecular formula is C11H14ClNO. The van der Waals surface area contributed by atoms with Crippen LogP contribution < -0.4 is 5.73 Å². The van der Waals surface area contributed by atoms with Crippen molar-refractivity contribution in [1.29, 1.82) is 0 Å². The van der Waals surface area contributed by atoms with Crippen molar-refractivity contribution >= 4 is 23.6 Å². The van der Waals surface area contributed by atoms with E-state index in [2.05, 4.69) is 0 Å². The second-order valence-electron chi connectivity index (χ2n) is 3.15. The number of aryl methyl sites for hydroxylation is 1. The number of nitrogens with two attached hydrogens (primary N) is 1. The average molecular weight is 212 g/mol. The molecule has 0 saturated carbocycles. The number of carbonyl (C=O) groups is 1. The number of halogens is 1. The lowest BCUT2D eigenvalue weighted by molar-refractivity contribution is 0.112. The van der Waals surface area contributed by atoms with E-state index in [0.717, 1.165) is 30.3 Å². The summed E-state index contributed by atoms with van der Waals surface area (Å²) in [4.78, 5) is 10.8. The van der Waals surface area contributed by atoms with E-state index in [9.17, 15) is 4.79 Å². The van der Waals surface area contributed by atoms with Crippen LogP contribution in [0.3, 0.4) is 0 Å². The molecule has 0 aliphatic heterocycles. The molecule has 0 atom stereocenters. The van der Waals surface area contributed by atoms with Crippen LogP contribution in [0.2, 0.25) is 5.02 Å². The largest absolute Gasteiger partial charge is 0.398 e. The van der Waals surface area contributed by atoms with Crippen LogP contribution >= 0.6 is 11.6 Å². The maximum absolute atomic E-state index is 10.8. The zero-order chi connectivity index (χ0) is 10.7. The number of carbonyl (C=O) groups excluding carboxylic acids is 1. The Morgan fingerprint density at radius 2 is 2.07 bits per heavy atom. The number of anilines is 1. The molecule has 0 amide bonds. The first-order valence-corrected chi connectivity index (χ1v) is 5.08. The smallest absolute Gasteiger partial charge is 0.153 e. The van der Waals surface area contributed by atoms with Crippen LogP contribution in [0.25, 0.3) is 0 Å². The third kappa shape index (κ3) is 1.75. The molecule has 0 saturated heterocycles. The molecule has 0 radical (unpaired) electrons. The Balaban J connectivity index is 3.46. The first-order valence-electron chi connectivity index (χ1n) is 4.70. The van der Waals surface area contributed by atoms with Gasteiger partial charge in [0.2, 0.25) is 0 Å². The van der Waals surface area contributed by atoms with Gasteiger partial charge in [-0.05, 0) is 30.0 Å². The van der Waals surface area contributed by atoms with Gasteiger partial charge in [-0.2, -0.15) is 0 Å². The summed E-state index contributed by atoms with van der Waals surface area (Å²) in [5.74, 6) is 0. The van der Waals surface area contributed by atoms with Crippen LogP contribution in [0, 0.1) is 0 Å². The molecule has 76 valence electrons. The number of rotatable bonds is 3. The Kier molecular flexibility index (Phi) is 3.53. The van der Waals surface area contributed by atoms with E-state index in [1.165, 1.54) is 0 Å². The maximum Gasteiger partial charge on any atom is 0.153 e. The average Bonchev–Trinajstić information content (AvgIpc) is 2.17. The van der Waals surface area contributed by atoms with Crippen molar-refractivity contribution in [2.24, 2.45) is 0 Å². The second-order valence-corrected chi connectivity index (χ2v) is 3.56. The summed E-state index contributed by atoms with van der Waals surface area (Å²) in [5, 5.41) is 0.451. The molecule has 2 nitrogen and oxygen atoms in total. The topological polar surface area (TPSA) is 43.1 Å². The van der Waals surface area contributed by atoms with Crippen molar-refractivity contribution in [2.75, 3.05) is 5.73 Å². The zero-order valence-corrected chi connectivity index (χ0v) is 9.19. The summed E-state index contributed by atoms with van der Waals surface area (Å²) >= 11 is 5.93. The number of nitrogen functional groups attached to an aromatic ring is 1. The van der Waals surface area contributed by atoms with Gasteiger partial charge in [0, 0.05) is 5.69 Å². The third-order valence-electron chi connectivity index (χ3n) is 2.41. The van der Waals surface area contributed by atoms with Crippen LogP contribution in [-0.2, 0) is 12.8 Å². The second kappa shape index (κ2) is 4.47. The summed E-state index contributed by atoms with van der Waals surface area (Å²) in [6, 6.07) is 1.83. The summed E-state index contributed by atoms with van der Waals surface area (Å²) in [6.07, 6.45) is 2.43. The van der Waals surface area contributed by atoms with Gasteiger partial charge >= 0.3 is 0 Å². The Bertz CT molecular complexity index is 361. The summed E-state index contributed by atoms with van der Waals surface area (Å²) in [7, 11) is 0. The van der Waals surface area contributed by atoms with E-state index < -0.39 is 0 Å². The molecule has 2 N–H and O–H groups in total. The number of aldehydes is 1. The minimum Gasteiger partial charge on any atom is -0.398 e. The highest BCUT2D eigenvalue weighted by Gasteiger charge is 2.11. The molecule has 1 aromatic carbocycles. The molecule has 0 unspecified atom stereocenters. The van der Waals surface area contributed by atoms with Gasteiger partial charge in [-0.25, -0.2) is 0 Å². The zero-order valence-electron chi connectivity index (χ0n) is 8.43. The van der Waals surface area contributed by atoms with Crippen molar-refractivity contribution < 1.29 is 4.79 Å². The predicted molar refractivity (Wildman–Crippen MR) is 60.0 cm³/mol. The molecule has 0 heterocycles. The lowest BCUT2D eigenvalue weighted by atomic mass is 9.98. The predicted octanol–water partition coefficient (Wildman–Crippen LogP) is 2.86. The van der Waals surface area contributed by atoms with E-state index in [0.29, 0.717) is 16.3 Å². The normalized spacial score (nSPS) is 10.2. The molecule has 14 heavy (non-hydrogen) atoms. The van der Waals surface area contributed by atoms with E-state index in [-0.39, 0.29) is 0 Å². The van der Waals surface area contributed by atoms with Crippen molar-refractivity contribution in [3.8, 4) is 0 Å². The van der Waals surface area contributed by atoms with Crippen LogP contribution in [0.4, 0.5) is 5.69 Å². The number of hydrogen-bond donors (Lipinski definition) is 1. The molecule has 3 heteroatoms. The van der Waals surface area contributed by atoms with Gasteiger partial charge in [-0.15, -0.1) is 0 Å². The quantitative estimate of drug-likeness (QED) is 0.617. The highest BCUT2D eigenvalue weighted by atomic mass is 35.5. The standard InChI is InChI=1S/C11H14ClNO/c1-3-7-5-10(12)9(6-14)11(13)8(7)4-2/h5-6H,3-4,13H2,1-2H3. The monoisotopic (exact) mass is 211 g/mol. The van der Waals surface area contributed by atoms with Gasteiger partial charge in [0.25, 0.3) is 0 Å². The van der Waals surface area contributed by atoms with Crippen molar-refractivity contribution in [3.05, 3.63) is 27.8 Å². The fraction of sp³-hybridized carbons (Fsp3) is 0.364. The third-order valence-corrected chi connectivity index (χ3v) is 2.73. The Morgan fingerprint density at radius 1 is 1.43 bits per heavy atom. The van der Waals surface area contributed by atoms with Gasteiger partial charge < -0.3 is 5.73 Å². The van der Waals surface area contributed by atoms with Gasteiger partial charge in [-0.3, -0.25) is 4.79 Å². The van der Waals surface area contributed by atoms with Crippen LogP contribution in [0.1, 0.15) is 35.3 Å². The van der Waals surface area contributed by atoms with Gasteiger partial charge in [0.15, 0.2) is 6.29 Å². The summed E-state index contributed by atoms with van der Waals surface area (Å²) in [5.41, 5.74) is 8.98. The molecule has 1 aromatic rings. The first-order chi connectivity index (χ1) is 6.65. The molecule has 0 spiro atoms. The number of benzene rings is 1. The van der Waals surface area contributed by atoms with E-state index in [1.807, 2.05) is 19.9 Å². The fourth-order valence-electron chi connectivity index (χ4n) is 1.63. The van der Waals surface area contributed by atoms with Crippen molar-refractivity contribution in [2.45, 2.75) is 26.7 Å². The van der Waals surface area contributed by atoms with Gasteiger partial charge in [0.1, 0.15) is 0 Å². The van der Waals surface area contributed by atoms with Crippen LogP contribution in [0.5, 0.6) is 0 Å². The molecule has 0 aromatic heterocycles. The van der Waals surface area contributed by atoms with Crippen LogP contribution in [-0.4, -0.2) is 6.29 Å². The van der Waals surface area contributed by atoms with Crippen LogP contribution in [0.15, 0.2) is 6.07 Å². The lowest BCUT2D eigenvalue weighted by Gasteiger charge is -2.12. The van der Waals surface area contributed by atoms with Gasteiger partial charge in [-0.1, -0.05) is 25.4 Å². The number of hydrogen-bond acceptors (Lipinski definition) is 2. The molecule has 0 bridgehead atoms. The van der Waals surface area contributed by atoms with E-state index >= 15 is 0 Å². The highest BCUT2D eigenvalue weighted by Crippen LogP contribution is 2.28. The highest BCUT2D eigenvalue weighted by molar-refractivity contribution is 6.33. The molecule has 0 aliphatic rings. The Hall–Kier alpha value is -1.02. The minimum atomic E-state index is 0.417. The Morgan fingerprint density at radius 3 is 2.50 bits per heavy atom. The van der Waals surface area contributed by atoms with Gasteiger partial charge in [0.05, 0.1) is 10.6 Å². The molecule has 0 fully saturated rings. The first kappa shape index (κ1) is 11.1. The maximum atomic E-state index is 10.8. The van der Waals surface area contributed by atoms with Crippen molar-refractivity contribution in [3.63, 3.8) is 0 Å². The molecule has 0 aliphatic carbocycles. The SMILES string of the molecule is CCc1cc(Cl)c(C=O)c(N)c1CC. The van der Waals surface area contributed by atoms with E-state index in [1.54, 1.807) is 0 Å². The lowest BCUT2D eigenvalue weighted by Crippen LogP contribution is -2.03. The Labute approximate surface area is 89.1 Å².